The molecule has 0 radical (unpaired) electrons. The number of hydrogen-bond donors (Lipinski definition) is 1. The number of esters is 2. The molecule has 3 aromatic carbocycles. The third kappa shape index (κ3) is 5.14. The van der Waals surface area contributed by atoms with Gasteiger partial charge in [-0.2, -0.15) is 0 Å². The number of H-pyrrole nitrogens is 1. The number of benzene rings is 3. The molecule has 1 N–H and O–H groups in total. The quantitative estimate of drug-likeness (QED) is 0.199. The predicted molar refractivity (Wildman–Crippen MR) is 142 cm³/mol. The number of hydrogen-bond acceptors (Lipinski definition) is 5. The number of aromatic nitrogens is 1. The molecule has 190 valence electrons. The van der Waals surface area contributed by atoms with Gasteiger partial charge in [-0.1, -0.05) is 65.1 Å². The molecule has 0 bridgehead atoms. The van der Waals surface area contributed by atoms with Crippen LogP contribution in [0.3, 0.4) is 0 Å². The van der Waals surface area contributed by atoms with Crippen LogP contribution in [0.5, 0.6) is 5.75 Å². The van der Waals surface area contributed by atoms with E-state index in [1.165, 1.54) is 13.8 Å². The number of aromatic amines is 1. The monoisotopic (exact) mass is 557 g/mol. The number of ether oxygens (including phenoxy) is 3. The Morgan fingerprint density at radius 2 is 1.68 bits per heavy atom. The van der Waals surface area contributed by atoms with Crippen molar-refractivity contribution >= 4 is 57.6 Å². The number of cyclic esters (lactones) is 2. The van der Waals surface area contributed by atoms with Crippen LogP contribution in [-0.2, 0) is 25.7 Å². The van der Waals surface area contributed by atoms with E-state index in [1.54, 1.807) is 42.6 Å². The summed E-state index contributed by atoms with van der Waals surface area (Å²) >= 11 is 18.8. The van der Waals surface area contributed by atoms with Crippen LogP contribution >= 0.6 is 34.8 Å². The Kier molecular flexibility index (Phi) is 6.84. The van der Waals surface area contributed by atoms with E-state index in [1.807, 2.05) is 24.3 Å². The average molecular weight is 559 g/mol. The van der Waals surface area contributed by atoms with Gasteiger partial charge in [0.2, 0.25) is 0 Å². The lowest BCUT2D eigenvalue weighted by molar-refractivity contribution is -0.240. The van der Waals surface area contributed by atoms with E-state index in [0.717, 1.165) is 22.0 Å². The van der Waals surface area contributed by atoms with Crippen LogP contribution in [0.15, 0.2) is 66.9 Å². The Bertz CT molecular complexity index is 1490. The number of carbonyl (C=O) groups is 2. The molecule has 0 amide bonds. The standard InChI is InChI=1S/C28H22Cl3NO5/c1-28(2)36-26(33)25(27(34)37-28)24(19-13-32-22-6-4-3-5-18(19)22)15-8-10-23(21(31)11-15)35-14-16-7-9-17(29)12-20(16)30/h3-13,24-25,32H,14H2,1-2H3/t24-/m0/s1. The van der Waals surface area contributed by atoms with E-state index >= 15 is 0 Å². The lowest BCUT2D eigenvalue weighted by atomic mass is 9.80. The summed E-state index contributed by atoms with van der Waals surface area (Å²) in [7, 11) is 0. The first-order chi connectivity index (χ1) is 17.6. The number of rotatable bonds is 6. The second-order valence-corrected chi connectivity index (χ2v) is 10.5. The Balaban J connectivity index is 1.52. The second kappa shape index (κ2) is 9.93. The summed E-state index contributed by atoms with van der Waals surface area (Å²) in [6, 6.07) is 17.9. The van der Waals surface area contributed by atoms with Crippen molar-refractivity contribution in [2.24, 2.45) is 5.92 Å². The highest BCUT2D eigenvalue weighted by atomic mass is 35.5. The van der Waals surface area contributed by atoms with Crippen LogP contribution in [0, 0.1) is 5.92 Å². The highest BCUT2D eigenvalue weighted by Gasteiger charge is 2.48. The fourth-order valence-corrected chi connectivity index (χ4v) is 5.23. The van der Waals surface area contributed by atoms with Gasteiger partial charge in [0.05, 0.1) is 5.02 Å². The van der Waals surface area contributed by atoms with Crippen LogP contribution in [0.4, 0.5) is 0 Å². The Morgan fingerprint density at radius 3 is 2.38 bits per heavy atom. The summed E-state index contributed by atoms with van der Waals surface area (Å²) in [4.78, 5) is 29.5. The first-order valence-corrected chi connectivity index (χ1v) is 12.6. The number of nitrogens with one attached hydrogen (secondary N) is 1. The van der Waals surface area contributed by atoms with Crippen molar-refractivity contribution in [3.63, 3.8) is 0 Å². The lowest BCUT2D eigenvalue weighted by Gasteiger charge is -2.36. The molecule has 6 nitrogen and oxygen atoms in total. The molecule has 1 aliphatic heterocycles. The zero-order chi connectivity index (χ0) is 26.3. The molecule has 0 unspecified atom stereocenters. The molecule has 37 heavy (non-hydrogen) atoms. The molecule has 1 aromatic heterocycles. The van der Waals surface area contributed by atoms with Crippen molar-refractivity contribution < 1.29 is 23.8 Å². The molecule has 9 heteroatoms. The van der Waals surface area contributed by atoms with Crippen LogP contribution in [0.25, 0.3) is 10.9 Å². The van der Waals surface area contributed by atoms with E-state index in [9.17, 15) is 9.59 Å². The van der Waals surface area contributed by atoms with Gasteiger partial charge in [0, 0.05) is 52.5 Å². The van der Waals surface area contributed by atoms with Gasteiger partial charge in [-0.15, -0.1) is 0 Å². The topological polar surface area (TPSA) is 77.6 Å². The maximum Gasteiger partial charge on any atom is 0.324 e. The maximum absolute atomic E-state index is 13.1. The summed E-state index contributed by atoms with van der Waals surface area (Å²) in [5, 5.41) is 2.19. The minimum atomic E-state index is -1.34. The van der Waals surface area contributed by atoms with Crippen LogP contribution in [-0.4, -0.2) is 22.7 Å². The Labute approximate surface area is 228 Å². The third-order valence-electron chi connectivity index (χ3n) is 6.20. The molecular weight excluding hydrogens is 537 g/mol. The lowest BCUT2D eigenvalue weighted by Crippen LogP contribution is -2.48. The first-order valence-electron chi connectivity index (χ1n) is 11.5. The molecule has 1 aliphatic rings. The predicted octanol–water partition coefficient (Wildman–Crippen LogP) is 7.29. The summed E-state index contributed by atoms with van der Waals surface area (Å²) in [5.74, 6) is -4.18. The zero-order valence-electron chi connectivity index (χ0n) is 19.9. The molecule has 1 atom stereocenters. The van der Waals surface area contributed by atoms with Crippen LogP contribution in [0.1, 0.15) is 36.5 Å². The SMILES string of the molecule is CC1(C)OC(=O)C([C@@H](c2ccc(OCc3ccc(Cl)cc3Cl)c(Cl)c2)c2c[nH]c3ccccc23)C(=O)O1. The number of para-hydroxylation sites is 1. The van der Waals surface area contributed by atoms with E-state index in [0.29, 0.717) is 26.4 Å². The van der Waals surface area contributed by atoms with Gasteiger partial charge in [0.1, 0.15) is 12.4 Å². The van der Waals surface area contributed by atoms with Crippen molar-refractivity contribution in [2.75, 3.05) is 0 Å². The van der Waals surface area contributed by atoms with Crippen molar-refractivity contribution in [3.05, 3.63) is 98.6 Å². The largest absolute Gasteiger partial charge is 0.487 e. The summed E-state index contributed by atoms with van der Waals surface area (Å²) < 4.78 is 16.8. The number of fused-ring (bicyclic) bond motifs is 1. The Morgan fingerprint density at radius 1 is 0.946 bits per heavy atom. The van der Waals surface area contributed by atoms with Gasteiger partial charge in [-0.3, -0.25) is 9.59 Å². The van der Waals surface area contributed by atoms with Crippen LogP contribution in [0.2, 0.25) is 15.1 Å². The van der Waals surface area contributed by atoms with Gasteiger partial charge < -0.3 is 19.2 Å². The molecule has 0 spiro atoms. The van der Waals surface area contributed by atoms with E-state index in [-0.39, 0.29) is 6.61 Å². The number of halogens is 3. The minimum Gasteiger partial charge on any atom is -0.487 e. The van der Waals surface area contributed by atoms with Gasteiger partial charge >= 0.3 is 11.9 Å². The van der Waals surface area contributed by atoms with Crippen molar-refractivity contribution in [1.82, 2.24) is 4.98 Å². The van der Waals surface area contributed by atoms with Crippen molar-refractivity contribution in [1.29, 1.82) is 0 Å². The molecule has 0 saturated carbocycles. The molecular formula is C28H22Cl3NO5. The summed E-state index contributed by atoms with van der Waals surface area (Å²) in [5.41, 5.74) is 2.99. The molecule has 0 aliphatic carbocycles. The van der Waals surface area contributed by atoms with Crippen LogP contribution < -0.4 is 4.74 Å². The molecule has 1 saturated heterocycles. The van der Waals surface area contributed by atoms with Crippen molar-refractivity contribution in [2.45, 2.75) is 32.2 Å². The van der Waals surface area contributed by atoms with E-state index < -0.39 is 29.6 Å². The third-order valence-corrected chi connectivity index (χ3v) is 7.09. The van der Waals surface area contributed by atoms with E-state index in [2.05, 4.69) is 4.98 Å². The molecule has 2 heterocycles. The zero-order valence-corrected chi connectivity index (χ0v) is 22.2. The first kappa shape index (κ1) is 25.5. The summed E-state index contributed by atoms with van der Waals surface area (Å²) in [6.07, 6.45) is 1.79. The van der Waals surface area contributed by atoms with Gasteiger partial charge in [-0.05, 0) is 41.5 Å². The molecule has 5 rings (SSSR count). The molecule has 4 aromatic rings. The van der Waals surface area contributed by atoms with Gasteiger partial charge in [0.15, 0.2) is 5.92 Å². The summed E-state index contributed by atoms with van der Waals surface area (Å²) in [6.45, 7) is 3.22. The molecule has 1 fully saturated rings. The number of carbonyl (C=O) groups excluding carboxylic acids is 2. The minimum absolute atomic E-state index is 0.178. The van der Waals surface area contributed by atoms with Crippen molar-refractivity contribution in [3.8, 4) is 5.75 Å². The average Bonchev–Trinajstić information content (AvgIpc) is 3.25. The smallest absolute Gasteiger partial charge is 0.324 e. The normalized spacial score (nSPS) is 16.4. The Hall–Kier alpha value is -3.19. The van der Waals surface area contributed by atoms with E-state index in [4.69, 9.17) is 49.0 Å². The highest BCUT2D eigenvalue weighted by molar-refractivity contribution is 6.35. The fraction of sp³-hybridized carbons (Fsp3) is 0.214. The highest BCUT2D eigenvalue weighted by Crippen LogP contribution is 2.42. The fourth-order valence-electron chi connectivity index (χ4n) is 4.53. The van der Waals surface area contributed by atoms with Gasteiger partial charge in [-0.25, -0.2) is 0 Å². The second-order valence-electron chi connectivity index (χ2n) is 9.20. The maximum atomic E-state index is 13.1. The van der Waals surface area contributed by atoms with Gasteiger partial charge in [0.25, 0.3) is 5.79 Å².